The number of esters is 2. The number of nitrogens with two attached hydrogens (primary N) is 1. The van der Waals surface area contributed by atoms with Crippen LogP contribution in [0.4, 0.5) is 0 Å². The van der Waals surface area contributed by atoms with Gasteiger partial charge in [0.15, 0.2) is 5.41 Å². The Bertz CT molecular complexity index is 262. The van der Waals surface area contributed by atoms with Crippen molar-refractivity contribution in [1.29, 1.82) is 0 Å². The summed E-state index contributed by atoms with van der Waals surface area (Å²) in [6, 6.07) is 0.0620. The number of rotatable bonds is 4. The third kappa shape index (κ3) is 2.97. The molecule has 0 atom stereocenters. The van der Waals surface area contributed by atoms with E-state index in [2.05, 4.69) is 0 Å². The zero-order valence-electron chi connectivity index (χ0n) is 10.5. The molecule has 2 N–H and O–H groups in total. The topological polar surface area (TPSA) is 78.6 Å². The van der Waals surface area contributed by atoms with Gasteiger partial charge in [0.1, 0.15) is 0 Å². The van der Waals surface area contributed by atoms with E-state index >= 15 is 0 Å². The Morgan fingerprint density at radius 3 is 1.88 bits per heavy atom. The summed E-state index contributed by atoms with van der Waals surface area (Å²) >= 11 is 0. The highest BCUT2D eigenvalue weighted by atomic mass is 16.6. The van der Waals surface area contributed by atoms with Crippen LogP contribution in [0, 0.1) is 5.41 Å². The van der Waals surface area contributed by atoms with Crippen LogP contribution >= 0.6 is 0 Å². The summed E-state index contributed by atoms with van der Waals surface area (Å²) in [5.74, 6) is -0.935. The average molecular weight is 243 g/mol. The van der Waals surface area contributed by atoms with Gasteiger partial charge in [0.2, 0.25) is 0 Å². The van der Waals surface area contributed by atoms with E-state index in [1.165, 1.54) is 0 Å². The second kappa shape index (κ2) is 6.00. The quantitative estimate of drug-likeness (QED) is 0.588. The molecule has 1 fully saturated rings. The number of hydrogen-bond acceptors (Lipinski definition) is 5. The van der Waals surface area contributed by atoms with E-state index < -0.39 is 17.4 Å². The standard InChI is InChI=1S/C12H21NO4/c1-3-16-10(14)12(11(15)17-4-2)7-5-9(13)6-8-12/h9H,3-8,13H2,1-2H3. The van der Waals surface area contributed by atoms with Gasteiger partial charge in [0.25, 0.3) is 0 Å². The molecule has 0 aliphatic heterocycles. The second-order valence-corrected chi connectivity index (χ2v) is 4.36. The molecular formula is C12H21NO4. The van der Waals surface area contributed by atoms with Gasteiger partial charge in [-0.1, -0.05) is 0 Å². The van der Waals surface area contributed by atoms with E-state index in [1.54, 1.807) is 13.8 Å². The first-order valence-corrected chi connectivity index (χ1v) is 6.16. The van der Waals surface area contributed by atoms with Crippen LogP contribution in [0.3, 0.4) is 0 Å². The van der Waals surface area contributed by atoms with Crippen LogP contribution in [0.2, 0.25) is 0 Å². The summed E-state index contributed by atoms with van der Waals surface area (Å²) in [5, 5.41) is 0. The van der Waals surface area contributed by atoms with Crippen LogP contribution in [-0.2, 0) is 19.1 Å². The maximum Gasteiger partial charge on any atom is 0.323 e. The molecular weight excluding hydrogens is 222 g/mol. The molecule has 0 radical (unpaired) electrons. The maximum absolute atomic E-state index is 12.0. The van der Waals surface area contributed by atoms with Crippen molar-refractivity contribution >= 4 is 11.9 Å². The van der Waals surface area contributed by atoms with Crippen LogP contribution in [0.5, 0.6) is 0 Å². The summed E-state index contributed by atoms with van der Waals surface area (Å²) in [6.07, 6.45) is 2.15. The molecule has 0 heterocycles. The highest BCUT2D eigenvalue weighted by Gasteiger charge is 2.50. The monoisotopic (exact) mass is 243 g/mol. The SMILES string of the molecule is CCOC(=O)C1(C(=O)OCC)CCC(N)CC1. The van der Waals surface area contributed by atoms with Gasteiger partial charge in [-0.15, -0.1) is 0 Å². The molecule has 98 valence electrons. The number of carbonyl (C=O) groups excluding carboxylic acids is 2. The minimum Gasteiger partial charge on any atom is -0.465 e. The molecule has 17 heavy (non-hydrogen) atoms. The summed E-state index contributed by atoms with van der Waals surface area (Å²) in [5.41, 5.74) is 4.68. The van der Waals surface area contributed by atoms with E-state index in [4.69, 9.17) is 15.2 Å². The van der Waals surface area contributed by atoms with Crippen LogP contribution in [0.15, 0.2) is 0 Å². The number of carbonyl (C=O) groups is 2. The van der Waals surface area contributed by atoms with E-state index in [1.807, 2.05) is 0 Å². The molecule has 0 aromatic rings. The first kappa shape index (κ1) is 14.0. The van der Waals surface area contributed by atoms with Gasteiger partial charge in [-0.3, -0.25) is 9.59 Å². The predicted octanol–water partition coefficient (Wildman–Crippen LogP) is 1.00. The molecule has 0 aromatic carbocycles. The maximum atomic E-state index is 12.0. The Balaban J connectivity index is 2.84. The molecule has 0 bridgehead atoms. The Morgan fingerprint density at radius 1 is 1.12 bits per heavy atom. The van der Waals surface area contributed by atoms with Crippen LogP contribution < -0.4 is 5.73 Å². The fraction of sp³-hybridized carbons (Fsp3) is 0.833. The van der Waals surface area contributed by atoms with E-state index in [0.29, 0.717) is 25.7 Å². The lowest BCUT2D eigenvalue weighted by atomic mass is 9.72. The lowest BCUT2D eigenvalue weighted by Crippen LogP contribution is -2.46. The second-order valence-electron chi connectivity index (χ2n) is 4.36. The van der Waals surface area contributed by atoms with Crippen LogP contribution in [-0.4, -0.2) is 31.2 Å². The van der Waals surface area contributed by atoms with E-state index in [-0.39, 0.29) is 19.3 Å². The van der Waals surface area contributed by atoms with Crippen molar-refractivity contribution in [2.75, 3.05) is 13.2 Å². The highest BCUT2D eigenvalue weighted by Crippen LogP contribution is 2.38. The van der Waals surface area contributed by atoms with Crippen LogP contribution in [0.25, 0.3) is 0 Å². The van der Waals surface area contributed by atoms with E-state index in [0.717, 1.165) is 0 Å². The van der Waals surface area contributed by atoms with E-state index in [9.17, 15) is 9.59 Å². The van der Waals surface area contributed by atoms with Gasteiger partial charge in [0, 0.05) is 6.04 Å². The molecule has 5 nitrogen and oxygen atoms in total. The lowest BCUT2D eigenvalue weighted by Gasteiger charge is -2.34. The molecule has 1 aliphatic rings. The van der Waals surface area contributed by atoms with Gasteiger partial charge < -0.3 is 15.2 Å². The fourth-order valence-corrected chi connectivity index (χ4v) is 2.16. The van der Waals surface area contributed by atoms with Crippen molar-refractivity contribution in [3.8, 4) is 0 Å². The van der Waals surface area contributed by atoms with Gasteiger partial charge in [-0.25, -0.2) is 0 Å². The first-order chi connectivity index (χ1) is 8.06. The smallest absolute Gasteiger partial charge is 0.323 e. The average Bonchev–Trinajstić information content (AvgIpc) is 2.31. The van der Waals surface area contributed by atoms with Crippen molar-refractivity contribution in [3.05, 3.63) is 0 Å². The van der Waals surface area contributed by atoms with Crippen LogP contribution in [0.1, 0.15) is 39.5 Å². The molecule has 5 heteroatoms. The van der Waals surface area contributed by atoms with Gasteiger partial charge in [-0.2, -0.15) is 0 Å². The molecule has 0 unspecified atom stereocenters. The third-order valence-electron chi connectivity index (χ3n) is 3.22. The van der Waals surface area contributed by atoms with Crippen molar-refractivity contribution in [2.45, 2.75) is 45.6 Å². The molecule has 1 aliphatic carbocycles. The lowest BCUT2D eigenvalue weighted by molar-refractivity contribution is -0.174. The predicted molar refractivity (Wildman–Crippen MR) is 62.1 cm³/mol. The van der Waals surface area contributed by atoms with Gasteiger partial charge in [-0.05, 0) is 39.5 Å². The zero-order chi connectivity index (χ0) is 12.9. The summed E-state index contributed by atoms with van der Waals surface area (Å²) < 4.78 is 10.0. The summed E-state index contributed by atoms with van der Waals surface area (Å²) in [6.45, 7) is 3.99. The van der Waals surface area contributed by atoms with Crippen molar-refractivity contribution < 1.29 is 19.1 Å². The molecule has 0 aromatic heterocycles. The first-order valence-electron chi connectivity index (χ1n) is 6.16. The third-order valence-corrected chi connectivity index (χ3v) is 3.22. The molecule has 1 saturated carbocycles. The van der Waals surface area contributed by atoms with Gasteiger partial charge >= 0.3 is 11.9 Å². The minimum atomic E-state index is -1.12. The highest BCUT2D eigenvalue weighted by molar-refractivity contribution is 6.00. The normalized spacial score (nSPS) is 19.7. The summed E-state index contributed by atoms with van der Waals surface area (Å²) in [7, 11) is 0. The molecule has 0 saturated heterocycles. The Labute approximate surface area is 102 Å². The van der Waals surface area contributed by atoms with Crippen molar-refractivity contribution in [3.63, 3.8) is 0 Å². The van der Waals surface area contributed by atoms with Gasteiger partial charge in [0.05, 0.1) is 13.2 Å². The number of ether oxygens (including phenoxy) is 2. The fourth-order valence-electron chi connectivity index (χ4n) is 2.16. The molecule has 0 spiro atoms. The minimum absolute atomic E-state index is 0.0620. The Kier molecular flexibility index (Phi) is 4.93. The summed E-state index contributed by atoms with van der Waals surface area (Å²) in [4.78, 5) is 24.0. The van der Waals surface area contributed by atoms with Crippen molar-refractivity contribution in [1.82, 2.24) is 0 Å². The Hall–Kier alpha value is -1.10. The van der Waals surface area contributed by atoms with Crippen molar-refractivity contribution in [2.24, 2.45) is 11.1 Å². The molecule has 1 rings (SSSR count). The molecule has 0 amide bonds. The Morgan fingerprint density at radius 2 is 1.53 bits per heavy atom. The zero-order valence-corrected chi connectivity index (χ0v) is 10.5. The largest absolute Gasteiger partial charge is 0.465 e. The number of hydrogen-bond donors (Lipinski definition) is 1.